The number of pyridine rings is 3. The lowest BCUT2D eigenvalue weighted by molar-refractivity contribution is 0.162. The summed E-state index contributed by atoms with van der Waals surface area (Å²) in [5, 5.41) is 11.7. The zero-order valence-electron chi connectivity index (χ0n) is 21.2. The minimum absolute atomic E-state index is 0.188. The normalized spacial score (nSPS) is 14.3. The van der Waals surface area contributed by atoms with Crippen molar-refractivity contribution in [2.75, 3.05) is 13.1 Å². The Morgan fingerprint density at radius 2 is 1.79 bits per heavy atom. The fourth-order valence-electron chi connectivity index (χ4n) is 5.12. The van der Waals surface area contributed by atoms with Crippen LogP contribution in [-0.4, -0.2) is 54.3 Å². The molecule has 6 aromatic rings. The van der Waals surface area contributed by atoms with Gasteiger partial charge in [0.2, 0.25) is 0 Å². The van der Waals surface area contributed by atoms with E-state index in [1.807, 2.05) is 31.2 Å². The number of aromatic nitrogens is 7. The number of piperidine rings is 1. The fraction of sp³-hybridized carbons (Fsp3) is 0.207. The number of imidazole rings is 1. The van der Waals surface area contributed by atoms with Crippen molar-refractivity contribution in [3.05, 3.63) is 72.6 Å². The molecule has 7 rings (SSSR count). The van der Waals surface area contributed by atoms with Gasteiger partial charge in [-0.15, -0.1) is 0 Å². The van der Waals surface area contributed by atoms with Crippen molar-refractivity contribution in [3.8, 4) is 39.7 Å². The molecule has 0 radical (unpaired) electrons. The molecule has 6 heterocycles. The minimum atomic E-state index is -0.309. The third-order valence-corrected chi connectivity index (χ3v) is 6.99. The molecule has 10 heteroatoms. The number of fused-ring (bicyclic) bond motifs is 2. The Labute approximate surface area is 222 Å². The Hall–Kier alpha value is -4.70. The van der Waals surface area contributed by atoms with Crippen LogP contribution in [0.25, 0.3) is 56.0 Å². The van der Waals surface area contributed by atoms with Gasteiger partial charge in [-0.3, -0.25) is 15.1 Å². The molecule has 1 aromatic carbocycles. The lowest BCUT2D eigenvalue weighted by Crippen LogP contribution is -2.34. The summed E-state index contributed by atoms with van der Waals surface area (Å²) in [6.07, 6.45) is 9.18. The summed E-state index contributed by atoms with van der Waals surface area (Å²) < 4.78 is 20.3. The summed E-state index contributed by atoms with van der Waals surface area (Å²) in [7, 11) is 0. The Morgan fingerprint density at radius 1 is 0.923 bits per heavy atom. The maximum absolute atomic E-state index is 14.1. The van der Waals surface area contributed by atoms with E-state index in [1.54, 1.807) is 24.8 Å². The number of nitrogens with zero attached hydrogens (tertiary/aromatic N) is 5. The molecular weight excluding hydrogens is 495 g/mol. The number of H-pyrrole nitrogens is 2. The topological polar surface area (TPSA) is 117 Å². The van der Waals surface area contributed by atoms with Crippen molar-refractivity contribution in [1.29, 1.82) is 0 Å². The lowest BCUT2D eigenvalue weighted by atomic mass is 10.1. The molecular formula is C29H25FN8O. The quantitative estimate of drug-likeness (QED) is 0.286. The Morgan fingerprint density at radius 3 is 2.67 bits per heavy atom. The van der Waals surface area contributed by atoms with Crippen molar-refractivity contribution in [3.63, 3.8) is 0 Å². The molecule has 0 atom stereocenters. The zero-order chi connectivity index (χ0) is 26.3. The largest absolute Gasteiger partial charge is 0.489 e. The van der Waals surface area contributed by atoms with Crippen molar-refractivity contribution >= 4 is 22.1 Å². The van der Waals surface area contributed by atoms with Crippen LogP contribution in [0.5, 0.6) is 5.75 Å². The van der Waals surface area contributed by atoms with Crippen molar-refractivity contribution in [2.24, 2.45) is 0 Å². The van der Waals surface area contributed by atoms with Gasteiger partial charge in [0.15, 0.2) is 11.5 Å². The molecule has 1 aliphatic heterocycles. The van der Waals surface area contributed by atoms with Crippen LogP contribution in [0.2, 0.25) is 0 Å². The Bertz CT molecular complexity index is 1800. The number of nitrogens with one attached hydrogen (secondary N) is 3. The van der Waals surface area contributed by atoms with Crippen LogP contribution in [0.3, 0.4) is 0 Å². The van der Waals surface area contributed by atoms with Crippen molar-refractivity contribution < 1.29 is 9.13 Å². The van der Waals surface area contributed by atoms with Gasteiger partial charge in [0, 0.05) is 35.3 Å². The SMILES string of the molecule is Cc1cc(F)cc(-c2nccc3[nH]c(-c4n[nH]c5ncc(-c6cncc(OC7CCNCC7)c6)cc45)nc23)c1. The summed E-state index contributed by atoms with van der Waals surface area (Å²) in [4.78, 5) is 21.7. The third-order valence-electron chi connectivity index (χ3n) is 6.99. The second-order valence-electron chi connectivity index (χ2n) is 9.83. The number of benzene rings is 1. The number of aromatic amines is 2. The zero-order valence-corrected chi connectivity index (χ0v) is 21.2. The summed E-state index contributed by atoms with van der Waals surface area (Å²) in [6.45, 7) is 3.78. The standard InChI is InChI=1S/C29H25FN8O/c1-16-8-17(10-20(30)9-16)25-27-24(4-7-33-25)35-29(36-27)26-23-12-19(14-34-28(23)38-37-26)18-11-22(15-32-13-18)39-21-2-5-31-6-3-21/h4,7-15,21,31H,2-3,5-6H2,1H3,(H,35,36)(H,34,37,38). The van der Waals surface area contributed by atoms with Gasteiger partial charge in [0.05, 0.1) is 22.8 Å². The van der Waals surface area contributed by atoms with E-state index >= 15 is 0 Å². The fourth-order valence-corrected chi connectivity index (χ4v) is 5.12. The van der Waals surface area contributed by atoms with E-state index in [4.69, 9.17) is 9.72 Å². The number of ether oxygens (including phenoxy) is 1. The van der Waals surface area contributed by atoms with Crippen LogP contribution in [0.4, 0.5) is 4.39 Å². The first-order valence-electron chi connectivity index (χ1n) is 12.9. The maximum Gasteiger partial charge on any atom is 0.159 e. The van der Waals surface area contributed by atoms with Crippen LogP contribution >= 0.6 is 0 Å². The number of rotatable bonds is 5. The molecule has 39 heavy (non-hydrogen) atoms. The Balaban J connectivity index is 1.26. The molecule has 1 aliphatic rings. The van der Waals surface area contributed by atoms with Crippen LogP contribution in [0, 0.1) is 12.7 Å². The first kappa shape index (κ1) is 23.4. The summed E-state index contributed by atoms with van der Waals surface area (Å²) in [5.41, 5.74) is 6.59. The highest BCUT2D eigenvalue weighted by molar-refractivity contribution is 5.96. The maximum atomic E-state index is 14.1. The second kappa shape index (κ2) is 9.55. The van der Waals surface area contributed by atoms with E-state index in [9.17, 15) is 4.39 Å². The van der Waals surface area contributed by atoms with E-state index < -0.39 is 0 Å². The second-order valence-corrected chi connectivity index (χ2v) is 9.83. The first-order valence-corrected chi connectivity index (χ1v) is 12.9. The first-order chi connectivity index (χ1) is 19.1. The number of aryl methyl sites for hydroxylation is 1. The minimum Gasteiger partial charge on any atom is -0.489 e. The van der Waals surface area contributed by atoms with Crippen LogP contribution < -0.4 is 10.1 Å². The molecule has 1 fully saturated rings. The Kier molecular flexibility index (Phi) is 5.74. The van der Waals surface area contributed by atoms with Gasteiger partial charge in [-0.1, -0.05) is 0 Å². The third kappa shape index (κ3) is 4.48. The molecule has 5 aromatic heterocycles. The van der Waals surface area contributed by atoms with Gasteiger partial charge in [-0.25, -0.2) is 14.4 Å². The van der Waals surface area contributed by atoms with Gasteiger partial charge in [0.25, 0.3) is 0 Å². The summed E-state index contributed by atoms with van der Waals surface area (Å²) in [5.74, 6) is 1.01. The summed E-state index contributed by atoms with van der Waals surface area (Å²) in [6, 6.07) is 10.7. The van der Waals surface area contributed by atoms with Crippen LogP contribution in [-0.2, 0) is 0 Å². The van der Waals surface area contributed by atoms with E-state index in [1.165, 1.54) is 12.1 Å². The van der Waals surface area contributed by atoms with E-state index in [0.717, 1.165) is 59.3 Å². The van der Waals surface area contributed by atoms with Gasteiger partial charge in [-0.2, -0.15) is 5.10 Å². The average molecular weight is 521 g/mol. The van der Waals surface area contributed by atoms with Crippen molar-refractivity contribution in [1.82, 2.24) is 40.4 Å². The van der Waals surface area contributed by atoms with Gasteiger partial charge < -0.3 is 15.0 Å². The summed E-state index contributed by atoms with van der Waals surface area (Å²) >= 11 is 0. The van der Waals surface area contributed by atoms with E-state index in [2.05, 4.69) is 35.5 Å². The molecule has 0 unspecified atom stereocenters. The highest BCUT2D eigenvalue weighted by Gasteiger charge is 2.18. The van der Waals surface area contributed by atoms with Crippen LogP contribution in [0.1, 0.15) is 18.4 Å². The predicted octanol–water partition coefficient (Wildman–Crippen LogP) is 5.20. The van der Waals surface area contributed by atoms with Crippen molar-refractivity contribution in [2.45, 2.75) is 25.9 Å². The van der Waals surface area contributed by atoms with Gasteiger partial charge in [-0.05, 0) is 74.8 Å². The van der Waals surface area contributed by atoms with E-state index in [-0.39, 0.29) is 11.9 Å². The monoisotopic (exact) mass is 520 g/mol. The van der Waals surface area contributed by atoms with Gasteiger partial charge in [0.1, 0.15) is 28.9 Å². The average Bonchev–Trinajstić information content (AvgIpc) is 3.57. The highest BCUT2D eigenvalue weighted by Crippen LogP contribution is 2.32. The molecule has 1 saturated heterocycles. The molecule has 194 valence electrons. The number of hydrogen-bond donors (Lipinski definition) is 3. The van der Waals surface area contributed by atoms with Crippen LogP contribution in [0.15, 0.2) is 61.2 Å². The number of halogens is 1. The molecule has 0 saturated carbocycles. The lowest BCUT2D eigenvalue weighted by Gasteiger charge is -2.23. The molecule has 3 N–H and O–H groups in total. The van der Waals surface area contributed by atoms with Gasteiger partial charge >= 0.3 is 0 Å². The highest BCUT2D eigenvalue weighted by atomic mass is 19.1. The molecule has 9 nitrogen and oxygen atoms in total. The predicted molar refractivity (Wildman–Crippen MR) is 147 cm³/mol. The smallest absolute Gasteiger partial charge is 0.159 e. The molecule has 0 spiro atoms. The molecule has 0 aliphatic carbocycles. The molecule has 0 amide bonds. The molecule has 0 bridgehead atoms. The van der Waals surface area contributed by atoms with E-state index in [0.29, 0.717) is 33.9 Å². The number of hydrogen-bond acceptors (Lipinski definition) is 7.